The van der Waals surface area contributed by atoms with Gasteiger partial charge in [-0.1, -0.05) is 37.3 Å². The minimum Gasteiger partial charge on any atom is -0.493 e. The summed E-state index contributed by atoms with van der Waals surface area (Å²) in [6.07, 6.45) is 0.431. The summed E-state index contributed by atoms with van der Waals surface area (Å²) in [5, 5.41) is 0. The zero-order valence-electron chi connectivity index (χ0n) is 22.9. The molecule has 1 aliphatic heterocycles. The molecule has 0 N–H and O–H groups in total. The summed E-state index contributed by atoms with van der Waals surface area (Å²) in [7, 11) is 0. The Morgan fingerprint density at radius 3 is 2.55 bits per heavy atom. The third-order valence-corrected chi connectivity index (χ3v) is 6.39. The lowest BCUT2D eigenvalue weighted by Crippen LogP contribution is -2.57. The van der Waals surface area contributed by atoms with E-state index in [0.717, 1.165) is 28.6 Å². The molecule has 2 aromatic carbocycles. The first kappa shape index (κ1) is 27.3. The van der Waals surface area contributed by atoms with Gasteiger partial charge in [0.15, 0.2) is 11.5 Å². The fourth-order valence-electron chi connectivity index (χ4n) is 4.40. The van der Waals surface area contributed by atoms with E-state index in [4.69, 9.17) is 18.6 Å². The molecule has 1 fully saturated rings. The molecule has 1 aromatic heterocycles. The van der Waals surface area contributed by atoms with Gasteiger partial charge in [-0.05, 0) is 45.4 Å². The average molecular weight is 524 g/mol. The molecule has 0 unspecified atom stereocenters. The van der Waals surface area contributed by atoms with E-state index in [1.165, 1.54) is 0 Å². The first-order chi connectivity index (χ1) is 18.1. The second-order valence-corrected chi connectivity index (χ2v) is 10.4. The zero-order chi connectivity index (χ0) is 27.3. The van der Waals surface area contributed by atoms with E-state index in [9.17, 15) is 9.59 Å². The number of piperazine rings is 1. The number of benzene rings is 2. The van der Waals surface area contributed by atoms with Crippen molar-refractivity contribution in [1.29, 1.82) is 0 Å². The Morgan fingerprint density at radius 2 is 1.84 bits per heavy atom. The Morgan fingerprint density at radius 1 is 1.08 bits per heavy atom. The summed E-state index contributed by atoms with van der Waals surface area (Å²) in [5.41, 5.74) is 2.71. The largest absolute Gasteiger partial charge is 0.493 e. The molecule has 2 heterocycles. The van der Waals surface area contributed by atoms with Crippen LogP contribution in [0.4, 0.5) is 9.59 Å². The van der Waals surface area contributed by atoms with E-state index in [1.807, 2.05) is 77.1 Å². The number of aromatic nitrogens is 1. The van der Waals surface area contributed by atoms with Gasteiger partial charge < -0.3 is 28.4 Å². The van der Waals surface area contributed by atoms with Gasteiger partial charge in [0, 0.05) is 38.0 Å². The number of ether oxygens (including phenoxy) is 3. The van der Waals surface area contributed by atoms with Crippen LogP contribution in [0.25, 0.3) is 11.1 Å². The monoisotopic (exact) mass is 523 g/mol. The Kier molecular flexibility index (Phi) is 8.44. The predicted molar refractivity (Wildman–Crippen MR) is 143 cm³/mol. The van der Waals surface area contributed by atoms with Crippen molar-refractivity contribution in [3.63, 3.8) is 0 Å². The number of nitrogens with zero attached hydrogens (tertiary/aromatic N) is 3. The van der Waals surface area contributed by atoms with Crippen molar-refractivity contribution >= 4 is 23.3 Å². The second kappa shape index (κ2) is 11.8. The Hall–Kier alpha value is -3.75. The summed E-state index contributed by atoms with van der Waals surface area (Å²) in [6, 6.07) is 13.0. The van der Waals surface area contributed by atoms with Gasteiger partial charge in [0.25, 0.3) is 0 Å². The number of aryl methyl sites for hydroxylation is 2. The van der Waals surface area contributed by atoms with Crippen molar-refractivity contribution in [2.45, 2.75) is 65.7 Å². The lowest BCUT2D eigenvalue weighted by atomic mass is 10.1. The molecule has 9 nitrogen and oxygen atoms in total. The van der Waals surface area contributed by atoms with E-state index in [1.54, 1.807) is 9.80 Å². The second-order valence-electron chi connectivity index (χ2n) is 10.4. The Labute approximate surface area is 223 Å². The third kappa shape index (κ3) is 6.76. The number of rotatable bonds is 7. The third-order valence-electron chi connectivity index (χ3n) is 6.39. The van der Waals surface area contributed by atoms with Crippen LogP contribution in [0, 0.1) is 6.92 Å². The van der Waals surface area contributed by atoms with Crippen LogP contribution in [0.3, 0.4) is 0 Å². The molecular formula is C29H37N3O6. The molecule has 0 aliphatic carbocycles. The molecule has 1 atom stereocenters. The van der Waals surface area contributed by atoms with Gasteiger partial charge in [-0.25, -0.2) is 14.6 Å². The smallest absolute Gasteiger partial charge is 0.410 e. The molecule has 3 aromatic rings. The SMILES string of the molecule is CCc1nc2ccc(OCC[C@@H]3CN(C(=O)OCc4ccccc4)CCN3C(=O)OC(C)(C)C)c(C)c2o1. The highest BCUT2D eigenvalue weighted by molar-refractivity contribution is 5.79. The fourth-order valence-corrected chi connectivity index (χ4v) is 4.40. The van der Waals surface area contributed by atoms with Crippen LogP contribution in [0.2, 0.25) is 0 Å². The number of hydrogen-bond donors (Lipinski definition) is 0. The lowest BCUT2D eigenvalue weighted by molar-refractivity contribution is -0.00615. The maximum atomic E-state index is 13.0. The zero-order valence-corrected chi connectivity index (χ0v) is 22.9. The topological polar surface area (TPSA) is 94.3 Å². The average Bonchev–Trinajstić information content (AvgIpc) is 3.32. The predicted octanol–water partition coefficient (Wildman–Crippen LogP) is 5.73. The van der Waals surface area contributed by atoms with Crippen LogP contribution >= 0.6 is 0 Å². The van der Waals surface area contributed by atoms with Crippen molar-refractivity contribution in [2.75, 3.05) is 26.2 Å². The number of hydrogen-bond acceptors (Lipinski definition) is 7. The van der Waals surface area contributed by atoms with Crippen molar-refractivity contribution in [3.8, 4) is 5.75 Å². The number of carbonyl (C=O) groups excluding carboxylic acids is 2. The van der Waals surface area contributed by atoms with Gasteiger partial charge in [0.05, 0.1) is 12.6 Å². The summed E-state index contributed by atoms with van der Waals surface area (Å²) in [6.45, 7) is 11.1. The Bertz CT molecular complexity index is 1250. The molecule has 1 saturated heterocycles. The first-order valence-corrected chi connectivity index (χ1v) is 13.1. The van der Waals surface area contributed by atoms with E-state index in [0.29, 0.717) is 44.3 Å². The normalized spacial score (nSPS) is 16.0. The number of carbonyl (C=O) groups is 2. The summed E-state index contributed by atoms with van der Waals surface area (Å²) >= 11 is 0. The van der Waals surface area contributed by atoms with Crippen LogP contribution in [-0.2, 0) is 22.5 Å². The van der Waals surface area contributed by atoms with Crippen LogP contribution in [0.5, 0.6) is 5.75 Å². The Balaban J connectivity index is 1.41. The minimum absolute atomic E-state index is 0.197. The highest BCUT2D eigenvalue weighted by Crippen LogP contribution is 2.28. The van der Waals surface area contributed by atoms with Crippen LogP contribution in [-0.4, -0.2) is 64.9 Å². The van der Waals surface area contributed by atoms with E-state index in [-0.39, 0.29) is 12.6 Å². The van der Waals surface area contributed by atoms with Gasteiger partial charge in [-0.2, -0.15) is 0 Å². The molecule has 204 valence electrons. The molecule has 0 radical (unpaired) electrons. The fraction of sp³-hybridized carbons (Fsp3) is 0.483. The molecule has 1 aliphatic rings. The molecule has 38 heavy (non-hydrogen) atoms. The molecule has 2 amide bonds. The van der Waals surface area contributed by atoms with Gasteiger partial charge in [0.2, 0.25) is 0 Å². The van der Waals surface area contributed by atoms with Gasteiger partial charge in [0.1, 0.15) is 23.5 Å². The van der Waals surface area contributed by atoms with Gasteiger partial charge >= 0.3 is 12.2 Å². The van der Waals surface area contributed by atoms with Crippen LogP contribution < -0.4 is 4.74 Å². The number of fused-ring (bicyclic) bond motifs is 1. The highest BCUT2D eigenvalue weighted by Gasteiger charge is 2.35. The maximum absolute atomic E-state index is 13.0. The van der Waals surface area contributed by atoms with E-state index in [2.05, 4.69) is 4.98 Å². The van der Waals surface area contributed by atoms with Crippen molar-refractivity contribution in [3.05, 3.63) is 59.5 Å². The van der Waals surface area contributed by atoms with E-state index < -0.39 is 17.8 Å². The number of amides is 2. The first-order valence-electron chi connectivity index (χ1n) is 13.1. The van der Waals surface area contributed by atoms with Crippen molar-refractivity contribution < 1.29 is 28.2 Å². The molecule has 0 spiro atoms. The lowest BCUT2D eigenvalue weighted by Gasteiger charge is -2.41. The van der Waals surface area contributed by atoms with E-state index >= 15 is 0 Å². The van der Waals surface area contributed by atoms with Gasteiger partial charge in [-0.15, -0.1) is 0 Å². The molecule has 0 saturated carbocycles. The molecule has 4 rings (SSSR count). The van der Waals surface area contributed by atoms with Crippen molar-refractivity contribution in [2.24, 2.45) is 0 Å². The maximum Gasteiger partial charge on any atom is 0.410 e. The summed E-state index contributed by atoms with van der Waals surface area (Å²) < 4.78 is 23.2. The van der Waals surface area contributed by atoms with Crippen LogP contribution in [0.15, 0.2) is 46.9 Å². The summed E-state index contributed by atoms with van der Waals surface area (Å²) in [4.78, 5) is 33.6. The van der Waals surface area contributed by atoms with Crippen LogP contribution in [0.1, 0.15) is 51.1 Å². The molecular weight excluding hydrogens is 486 g/mol. The standard InChI is InChI=1S/C29H37N3O6/c1-6-25-30-23-12-13-24(20(2)26(23)37-25)35-17-14-22-18-31(15-16-32(22)28(34)38-29(3,4)5)27(33)36-19-21-10-8-7-9-11-21/h7-13,22H,6,14-19H2,1-5H3/t22-/m1/s1. The quantitative estimate of drug-likeness (QED) is 0.391. The molecule has 0 bridgehead atoms. The van der Waals surface area contributed by atoms with Gasteiger partial charge in [-0.3, -0.25) is 0 Å². The highest BCUT2D eigenvalue weighted by atomic mass is 16.6. The molecule has 9 heteroatoms. The summed E-state index contributed by atoms with van der Waals surface area (Å²) in [5.74, 6) is 1.39. The minimum atomic E-state index is -0.620. The van der Waals surface area contributed by atoms with Crippen molar-refractivity contribution in [1.82, 2.24) is 14.8 Å². The number of oxazole rings is 1.